The highest BCUT2D eigenvalue weighted by Crippen LogP contribution is 2.44. The van der Waals surface area contributed by atoms with Gasteiger partial charge in [0.2, 0.25) is 0 Å². The van der Waals surface area contributed by atoms with Gasteiger partial charge in [-0.25, -0.2) is 4.68 Å². The zero-order valence-corrected chi connectivity index (χ0v) is 17.8. The molecule has 0 radical (unpaired) electrons. The number of piperidine rings is 1. The molecule has 2 fully saturated rings. The molecule has 4 heterocycles. The van der Waals surface area contributed by atoms with E-state index in [-0.39, 0.29) is 29.8 Å². The van der Waals surface area contributed by atoms with Crippen LogP contribution in [-0.4, -0.2) is 52.1 Å². The first-order valence-corrected chi connectivity index (χ1v) is 10.9. The molecule has 3 aliphatic rings. The van der Waals surface area contributed by atoms with E-state index in [2.05, 4.69) is 10.4 Å². The highest BCUT2D eigenvalue weighted by molar-refractivity contribution is 5.81. The van der Waals surface area contributed by atoms with E-state index in [0.29, 0.717) is 37.5 Å². The topological polar surface area (TPSA) is 59.4 Å². The van der Waals surface area contributed by atoms with Crippen LogP contribution in [0.2, 0.25) is 0 Å². The number of carbonyl (C=O) groups excluding carboxylic acids is 1. The van der Waals surface area contributed by atoms with Gasteiger partial charge in [-0.05, 0) is 43.9 Å². The Kier molecular flexibility index (Phi) is 5.53. The third-order valence-corrected chi connectivity index (χ3v) is 6.59. The first kappa shape index (κ1) is 21.5. The van der Waals surface area contributed by atoms with Crippen LogP contribution in [0.15, 0.2) is 6.07 Å². The molecule has 30 heavy (non-hydrogen) atoms. The number of rotatable bonds is 2. The number of halogens is 3. The number of amides is 1. The quantitative estimate of drug-likeness (QED) is 0.756. The summed E-state index contributed by atoms with van der Waals surface area (Å²) in [6, 6.07) is -0.588. The third-order valence-electron chi connectivity index (χ3n) is 6.59. The van der Waals surface area contributed by atoms with E-state index in [1.165, 1.54) is 0 Å². The number of hydrogen-bond donors (Lipinski definition) is 1. The van der Waals surface area contributed by atoms with Crippen molar-refractivity contribution < 1.29 is 22.7 Å². The fourth-order valence-corrected chi connectivity index (χ4v) is 4.78. The highest BCUT2D eigenvalue weighted by atomic mass is 19.4. The highest BCUT2D eigenvalue weighted by Gasteiger charge is 2.48. The van der Waals surface area contributed by atoms with Crippen molar-refractivity contribution in [1.82, 2.24) is 14.7 Å². The summed E-state index contributed by atoms with van der Waals surface area (Å²) in [5.74, 6) is 0.324. The van der Waals surface area contributed by atoms with E-state index in [4.69, 9.17) is 4.74 Å². The molecular weight excluding hydrogens is 397 g/mol. The van der Waals surface area contributed by atoms with Crippen LogP contribution in [0.3, 0.4) is 0 Å². The molecule has 1 aromatic rings. The summed E-state index contributed by atoms with van der Waals surface area (Å²) in [6.45, 7) is 6.99. The number of aromatic nitrogens is 2. The maximum atomic E-state index is 13.9. The van der Waals surface area contributed by atoms with E-state index >= 15 is 0 Å². The summed E-state index contributed by atoms with van der Waals surface area (Å²) >= 11 is 0. The normalized spacial score (nSPS) is 30.1. The van der Waals surface area contributed by atoms with E-state index in [1.807, 2.05) is 20.8 Å². The van der Waals surface area contributed by atoms with Crippen LogP contribution in [0.25, 0.3) is 0 Å². The second-order valence-corrected chi connectivity index (χ2v) is 9.80. The SMILES string of the molecule is CC(C)(C)[C@@H]1C[C@H](C(F)(F)F)n2nc([C@H]3CCCCN3C(=O)[C@@H]3CCCO3)cc2N1. The zero-order valence-electron chi connectivity index (χ0n) is 17.8. The molecule has 2 saturated heterocycles. The summed E-state index contributed by atoms with van der Waals surface area (Å²) < 4.78 is 48.3. The smallest absolute Gasteiger partial charge is 0.368 e. The van der Waals surface area contributed by atoms with Crippen LogP contribution in [0, 0.1) is 5.41 Å². The van der Waals surface area contributed by atoms with Gasteiger partial charge in [0.1, 0.15) is 11.9 Å². The minimum Gasteiger partial charge on any atom is -0.368 e. The van der Waals surface area contributed by atoms with Crippen molar-refractivity contribution in [3.63, 3.8) is 0 Å². The molecule has 4 atom stereocenters. The van der Waals surface area contributed by atoms with Crippen LogP contribution in [0.1, 0.15) is 77.1 Å². The summed E-state index contributed by atoms with van der Waals surface area (Å²) in [4.78, 5) is 14.8. The van der Waals surface area contributed by atoms with Crippen molar-refractivity contribution in [2.24, 2.45) is 5.41 Å². The van der Waals surface area contributed by atoms with Crippen molar-refractivity contribution in [1.29, 1.82) is 0 Å². The van der Waals surface area contributed by atoms with E-state index < -0.39 is 18.3 Å². The predicted molar refractivity (Wildman–Crippen MR) is 106 cm³/mol. The molecule has 0 unspecified atom stereocenters. The Morgan fingerprint density at radius 3 is 2.60 bits per heavy atom. The van der Waals surface area contributed by atoms with Gasteiger partial charge in [0.05, 0.1) is 11.7 Å². The number of nitrogens with one attached hydrogen (secondary N) is 1. The summed E-state index contributed by atoms with van der Waals surface area (Å²) in [6.07, 6.45) is -0.816. The van der Waals surface area contributed by atoms with Gasteiger partial charge in [0.15, 0.2) is 6.04 Å². The number of hydrogen-bond acceptors (Lipinski definition) is 4. The maximum absolute atomic E-state index is 13.9. The summed E-state index contributed by atoms with van der Waals surface area (Å²) in [5.41, 5.74) is 0.207. The first-order chi connectivity index (χ1) is 14.1. The van der Waals surface area contributed by atoms with Crippen LogP contribution in [0.5, 0.6) is 0 Å². The average molecular weight is 428 g/mol. The zero-order chi connectivity index (χ0) is 21.7. The van der Waals surface area contributed by atoms with Gasteiger partial charge >= 0.3 is 6.18 Å². The lowest BCUT2D eigenvalue weighted by Crippen LogP contribution is -2.45. The lowest BCUT2D eigenvalue weighted by atomic mass is 9.82. The average Bonchev–Trinajstić information content (AvgIpc) is 3.34. The van der Waals surface area contributed by atoms with E-state index in [1.54, 1.807) is 11.0 Å². The minimum atomic E-state index is -4.39. The monoisotopic (exact) mass is 428 g/mol. The molecule has 168 valence electrons. The molecular formula is C21H31F3N4O2. The van der Waals surface area contributed by atoms with Gasteiger partial charge in [-0.1, -0.05) is 20.8 Å². The fraction of sp³-hybridized carbons (Fsp3) is 0.810. The van der Waals surface area contributed by atoms with Crippen LogP contribution in [0.4, 0.5) is 19.0 Å². The Balaban J connectivity index is 1.65. The molecule has 1 N–H and O–H groups in total. The van der Waals surface area contributed by atoms with Crippen molar-refractivity contribution in [2.75, 3.05) is 18.5 Å². The Labute approximate surface area is 175 Å². The van der Waals surface area contributed by atoms with Crippen LogP contribution in [-0.2, 0) is 9.53 Å². The number of nitrogens with zero attached hydrogens (tertiary/aromatic N) is 3. The number of anilines is 1. The summed E-state index contributed by atoms with van der Waals surface area (Å²) in [7, 11) is 0. The van der Waals surface area contributed by atoms with Crippen LogP contribution >= 0.6 is 0 Å². The molecule has 9 heteroatoms. The van der Waals surface area contributed by atoms with E-state index in [9.17, 15) is 18.0 Å². The Morgan fingerprint density at radius 1 is 1.20 bits per heavy atom. The molecule has 0 bridgehead atoms. The predicted octanol–water partition coefficient (Wildman–Crippen LogP) is 4.45. The number of alkyl halides is 3. The Morgan fingerprint density at radius 2 is 1.97 bits per heavy atom. The molecule has 1 amide bonds. The summed E-state index contributed by atoms with van der Waals surface area (Å²) in [5, 5.41) is 7.67. The van der Waals surface area contributed by atoms with Gasteiger partial charge in [-0.3, -0.25) is 4.79 Å². The Hall–Kier alpha value is -1.77. The molecule has 3 aliphatic heterocycles. The lowest BCUT2D eigenvalue weighted by molar-refractivity contribution is -0.175. The molecule has 4 rings (SSSR count). The first-order valence-electron chi connectivity index (χ1n) is 10.9. The van der Waals surface area contributed by atoms with Crippen molar-refractivity contribution in [2.45, 2.75) is 89.7 Å². The van der Waals surface area contributed by atoms with Crippen molar-refractivity contribution in [3.05, 3.63) is 11.8 Å². The molecule has 0 saturated carbocycles. The molecule has 6 nitrogen and oxygen atoms in total. The fourth-order valence-electron chi connectivity index (χ4n) is 4.78. The van der Waals surface area contributed by atoms with Crippen molar-refractivity contribution >= 4 is 11.7 Å². The number of fused-ring (bicyclic) bond motifs is 1. The third kappa shape index (κ3) is 4.05. The molecule has 0 spiro atoms. The second kappa shape index (κ2) is 7.73. The van der Waals surface area contributed by atoms with Gasteiger partial charge in [-0.15, -0.1) is 0 Å². The van der Waals surface area contributed by atoms with Gasteiger partial charge in [0.25, 0.3) is 5.91 Å². The van der Waals surface area contributed by atoms with Gasteiger partial charge < -0.3 is 15.0 Å². The standard InChI is InChI=1S/C21H31F3N4O2/c1-20(2,3)16-12-17(21(22,23)24)28-18(25-16)11-13(26-28)14-7-4-5-9-27(14)19(29)15-8-6-10-30-15/h11,14-17,25H,4-10,12H2,1-3H3/t14-,15+,16+,17-/m1/s1. The van der Waals surface area contributed by atoms with Gasteiger partial charge in [-0.2, -0.15) is 18.3 Å². The van der Waals surface area contributed by atoms with Crippen molar-refractivity contribution in [3.8, 4) is 0 Å². The van der Waals surface area contributed by atoms with Gasteiger partial charge in [0, 0.05) is 25.3 Å². The minimum absolute atomic E-state index is 0.0592. The van der Waals surface area contributed by atoms with E-state index in [0.717, 1.165) is 23.9 Å². The molecule has 0 aliphatic carbocycles. The lowest BCUT2D eigenvalue weighted by Gasteiger charge is -2.39. The molecule has 1 aromatic heterocycles. The second-order valence-electron chi connectivity index (χ2n) is 9.80. The number of ether oxygens (including phenoxy) is 1. The largest absolute Gasteiger partial charge is 0.410 e. The number of likely N-dealkylation sites (tertiary alicyclic amines) is 1. The number of carbonyl (C=O) groups is 1. The molecule has 0 aromatic carbocycles. The maximum Gasteiger partial charge on any atom is 0.410 e. The van der Waals surface area contributed by atoms with Crippen LogP contribution < -0.4 is 5.32 Å². The Bertz CT molecular complexity index is 780.